The van der Waals surface area contributed by atoms with Crippen molar-refractivity contribution in [3.63, 3.8) is 0 Å². The van der Waals surface area contributed by atoms with Gasteiger partial charge in [-0.1, -0.05) is 35.5 Å². The van der Waals surface area contributed by atoms with Gasteiger partial charge in [-0.3, -0.25) is 4.79 Å². The van der Waals surface area contributed by atoms with Crippen LogP contribution in [0.3, 0.4) is 0 Å². The van der Waals surface area contributed by atoms with Gasteiger partial charge in [-0.25, -0.2) is 9.67 Å². The zero-order valence-corrected chi connectivity index (χ0v) is 18.7. The lowest BCUT2D eigenvalue weighted by atomic mass is 10.1. The Bertz CT molecular complexity index is 1540. The quantitative estimate of drug-likeness (QED) is 0.390. The first-order chi connectivity index (χ1) is 16.0. The molecule has 5 rings (SSSR count). The molecule has 0 spiro atoms. The van der Waals surface area contributed by atoms with Crippen LogP contribution in [0.5, 0.6) is 5.75 Å². The van der Waals surface area contributed by atoms with E-state index in [0.717, 1.165) is 16.7 Å². The molecule has 5 aromatic rings. The van der Waals surface area contributed by atoms with E-state index in [-0.39, 0.29) is 17.6 Å². The molecule has 0 bridgehead atoms. The third-order valence-electron chi connectivity index (χ3n) is 5.67. The van der Waals surface area contributed by atoms with Crippen molar-refractivity contribution in [1.29, 1.82) is 0 Å². The fourth-order valence-corrected chi connectivity index (χ4v) is 3.86. The van der Waals surface area contributed by atoms with Crippen molar-refractivity contribution >= 4 is 10.9 Å². The van der Waals surface area contributed by atoms with Crippen LogP contribution in [0.1, 0.15) is 22.8 Å². The minimum Gasteiger partial charge on any atom is -0.497 e. The molecule has 0 aliphatic carbocycles. The van der Waals surface area contributed by atoms with E-state index in [2.05, 4.69) is 15.2 Å². The Kier molecular flexibility index (Phi) is 5.05. The smallest absolute Gasteiger partial charge is 0.297 e. The first-order valence-corrected chi connectivity index (χ1v) is 10.5. The van der Waals surface area contributed by atoms with Crippen LogP contribution in [0.15, 0.2) is 62.3 Å². The summed E-state index contributed by atoms with van der Waals surface area (Å²) in [4.78, 5) is 17.9. The molecule has 8 nitrogen and oxygen atoms in total. The maximum Gasteiger partial charge on any atom is 0.297 e. The number of nitrogens with zero attached hydrogens (tertiary/aromatic N) is 4. The Morgan fingerprint density at radius 1 is 1.03 bits per heavy atom. The number of fused-ring (bicyclic) bond motifs is 1. The highest BCUT2D eigenvalue weighted by Crippen LogP contribution is 2.30. The molecule has 0 aliphatic heterocycles. The number of hydrogen-bond acceptors (Lipinski definition) is 7. The molecule has 0 N–H and O–H groups in total. The molecular weight excluding hydrogens is 420 g/mol. The molecule has 33 heavy (non-hydrogen) atoms. The number of aromatic nitrogens is 4. The fourth-order valence-electron chi connectivity index (χ4n) is 3.86. The second-order valence-electron chi connectivity index (χ2n) is 7.84. The maximum atomic E-state index is 13.2. The number of oxazole rings is 1. The van der Waals surface area contributed by atoms with E-state index in [4.69, 9.17) is 13.7 Å². The summed E-state index contributed by atoms with van der Waals surface area (Å²) in [6.07, 6.45) is 0. The van der Waals surface area contributed by atoms with Gasteiger partial charge in [-0.2, -0.15) is 5.10 Å². The topological polar surface area (TPSA) is 96.2 Å². The second kappa shape index (κ2) is 8.05. The minimum absolute atomic E-state index is 0.138. The predicted molar refractivity (Wildman–Crippen MR) is 123 cm³/mol. The van der Waals surface area contributed by atoms with E-state index < -0.39 is 0 Å². The number of ether oxygens (including phenoxy) is 1. The lowest BCUT2D eigenvalue weighted by Crippen LogP contribution is -2.25. The summed E-state index contributed by atoms with van der Waals surface area (Å²) in [5.41, 5.74) is 3.83. The van der Waals surface area contributed by atoms with Gasteiger partial charge in [0.1, 0.15) is 28.7 Å². The number of rotatable bonds is 5. The number of aryl methyl sites for hydroxylation is 3. The standard InChI is InChI=1S/C25H22N4O4/c1-14-8-5-6-11-19(14)24-26-20(15(2)32-24)13-29-25(30)23-21(16(3)33-28-23)22(27-29)17-9-7-10-18(12-17)31-4/h5-12H,13H2,1-4H3. The number of hydrogen-bond donors (Lipinski definition) is 0. The van der Waals surface area contributed by atoms with Gasteiger partial charge in [-0.15, -0.1) is 0 Å². The van der Waals surface area contributed by atoms with E-state index >= 15 is 0 Å². The van der Waals surface area contributed by atoms with Crippen molar-refractivity contribution in [2.24, 2.45) is 0 Å². The Morgan fingerprint density at radius 3 is 2.64 bits per heavy atom. The van der Waals surface area contributed by atoms with Gasteiger partial charge < -0.3 is 13.7 Å². The minimum atomic E-state index is -0.353. The van der Waals surface area contributed by atoms with Gasteiger partial charge in [0, 0.05) is 11.1 Å². The number of benzene rings is 2. The van der Waals surface area contributed by atoms with Gasteiger partial charge in [-0.05, 0) is 44.5 Å². The van der Waals surface area contributed by atoms with Crippen LogP contribution < -0.4 is 10.3 Å². The van der Waals surface area contributed by atoms with Crippen LogP contribution in [0.25, 0.3) is 33.6 Å². The number of methoxy groups -OCH3 is 1. The molecular formula is C25H22N4O4. The lowest BCUT2D eigenvalue weighted by Gasteiger charge is -2.09. The van der Waals surface area contributed by atoms with Gasteiger partial charge in [0.05, 0.1) is 19.0 Å². The Labute approximate surface area is 189 Å². The van der Waals surface area contributed by atoms with Gasteiger partial charge >= 0.3 is 0 Å². The van der Waals surface area contributed by atoms with E-state index in [1.165, 1.54) is 4.68 Å². The molecule has 0 aliphatic rings. The summed E-state index contributed by atoms with van der Waals surface area (Å²) in [6, 6.07) is 15.4. The van der Waals surface area contributed by atoms with E-state index in [0.29, 0.717) is 39.9 Å². The monoisotopic (exact) mass is 442 g/mol. The second-order valence-corrected chi connectivity index (χ2v) is 7.84. The van der Waals surface area contributed by atoms with Crippen LogP contribution in [0, 0.1) is 20.8 Å². The SMILES string of the molecule is COc1cccc(-c2nn(Cc3nc(-c4ccccc4C)oc3C)c(=O)c3noc(C)c23)c1. The van der Waals surface area contributed by atoms with Crippen LogP contribution in [-0.2, 0) is 6.54 Å². The molecule has 166 valence electrons. The molecule has 3 aromatic heterocycles. The van der Waals surface area contributed by atoms with Crippen molar-refractivity contribution in [1.82, 2.24) is 19.9 Å². The summed E-state index contributed by atoms with van der Waals surface area (Å²) in [7, 11) is 1.60. The molecule has 0 atom stereocenters. The summed E-state index contributed by atoms with van der Waals surface area (Å²) in [6.45, 7) is 5.73. The average Bonchev–Trinajstić information content (AvgIpc) is 3.39. The van der Waals surface area contributed by atoms with Crippen molar-refractivity contribution in [2.45, 2.75) is 27.3 Å². The van der Waals surface area contributed by atoms with Gasteiger partial charge in [0.15, 0.2) is 5.52 Å². The summed E-state index contributed by atoms with van der Waals surface area (Å²) < 4.78 is 18.0. The average molecular weight is 442 g/mol. The zero-order chi connectivity index (χ0) is 23.1. The molecule has 0 amide bonds. The predicted octanol–water partition coefficient (Wildman–Crippen LogP) is 4.69. The highest BCUT2D eigenvalue weighted by atomic mass is 16.5. The molecule has 2 aromatic carbocycles. The Hall–Kier alpha value is -4.20. The highest BCUT2D eigenvalue weighted by molar-refractivity contribution is 5.93. The third kappa shape index (κ3) is 3.59. The van der Waals surface area contributed by atoms with Crippen molar-refractivity contribution in [2.75, 3.05) is 7.11 Å². The van der Waals surface area contributed by atoms with Crippen molar-refractivity contribution in [3.8, 4) is 28.5 Å². The normalized spacial score (nSPS) is 11.3. The Balaban J connectivity index is 1.64. The third-order valence-corrected chi connectivity index (χ3v) is 5.67. The lowest BCUT2D eigenvalue weighted by molar-refractivity contribution is 0.405. The van der Waals surface area contributed by atoms with Gasteiger partial charge in [0.25, 0.3) is 5.56 Å². The molecule has 0 fully saturated rings. The fraction of sp³-hybridized carbons (Fsp3) is 0.200. The largest absolute Gasteiger partial charge is 0.497 e. The van der Waals surface area contributed by atoms with Crippen LogP contribution >= 0.6 is 0 Å². The molecule has 0 unspecified atom stereocenters. The van der Waals surface area contributed by atoms with E-state index in [9.17, 15) is 4.79 Å². The Morgan fingerprint density at radius 2 is 1.85 bits per heavy atom. The molecule has 8 heteroatoms. The van der Waals surface area contributed by atoms with Gasteiger partial charge in [0.2, 0.25) is 5.89 Å². The summed E-state index contributed by atoms with van der Waals surface area (Å²) in [5, 5.41) is 9.28. The molecule has 0 saturated carbocycles. The van der Waals surface area contributed by atoms with Crippen LogP contribution in [0.4, 0.5) is 0 Å². The van der Waals surface area contributed by atoms with Crippen LogP contribution in [-0.4, -0.2) is 27.0 Å². The maximum absolute atomic E-state index is 13.2. The zero-order valence-electron chi connectivity index (χ0n) is 18.7. The van der Waals surface area contributed by atoms with E-state index in [1.807, 2.05) is 62.4 Å². The van der Waals surface area contributed by atoms with Crippen LogP contribution in [0.2, 0.25) is 0 Å². The molecule has 3 heterocycles. The van der Waals surface area contributed by atoms with Crippen molar-refractivity contribution in [3.05, 3.63) is 81.7 Å². The molecule has 0 saturated heterocycles. The first kappa shape index (κ1) is 20.7. The highest BCUT2D eigenvalue weighted by Gasteiger charge is 2.21. The summed E-state index contributed by atoms with van der Waals surface area (Å²) in [5.74, 6) is 2.35. The van der Waals surface area contributed by atoms with Crippen molar-refractivity contribution < 1.29 is 13.7 Å². The molecule has 0 radical (unpaired) electrons. The van der Waals surface area contributed by atoms with E-state index in [1.54, 1.807) is 14.0 Å². The first-order valence-electron chi connectivity index (χ1n) is 10.5. The summed E-state index contributed by atoms with van der Waals surface area (Å²) >= 11 is 0.